The summed E-state index contributed by atoms with van der Waals surface area (Å²) in [6, 6.07) is 17.7. The lowest BCUT2D eigenvalue weighted by atomic mass is 10.1. The lowest BCUT2D eigenvalue weighted by Crippen LogP contribution is -2.38. The maximum atomic E-state index is 11.8. The van der Waals surface area contributed by atoms with Crippen LogP contribution in [0.3, 0.4) is 0 Å². The molecule has 6 heteroatoms. The molecule has 1 unspecified atom stereocenters. The Hall–Kier alpha value is -2.86. The molecule has 156 valence electrons. The average molecular weight is 397 g/mol. The molecule has 1 atom stereocenters. The van der Waals surface area contributed by atoms with Crippen molar-refractivity contribution >= 4 is 11.9 Å². The van der Waals surface area contributed by atoms with Gasteiger partial charge in [0.25, 0.3) is 5.91 Å². The van der Waals surface area contributed by atoms with Gasteiger partial charge in [0.1, 0.15) is 0 Å². The van der Waals surface area contributed by atoms with Crippen LogP contribution in [0.5, 0.6) is 0 Å². The molecule has 0 spiro atoms. The van der Waals surface area contributed by atoms with E-state index in [2.05, 4.69) is 40.0 Å². The van der Waals surface area contributed by atoms with Gasteiger partial charge in [0.15, 0.2) is 5.96 Å². The molecule has 29 heavy (non-hydrogen) atoms. The van der Waals surface area contributed by atoms with Crippen LogP contribution < -0.4 is 16.0 Å². The summed E-state index contributed by atoms with van der Waals surface area (Å²) in [5, 5.41) is 9.22. The zero-order chi connectivity index (χ0) is 20.9. The van der Waals surface area contributed by atoms with Crippen LogP contribution in [-0.2, 0) is 11.3 Å². The zero-order valence-corrected chi connectivity index (χ0v) is 17.6. The largest absolute Gasteiger partial charge is 0.374 e. The molecule has 0 radical (unpaired) electrons. The standard InChI is InChI=1S/C23H32N4O2/c1-4-25-23(27-17-19-10-8-13-21(16-19)22(28)24-3)26-14-9-15-29-18(2)20-11-6-5-7-12-20/h5-8,10-13,16,18H,4,9,14-15,17H2,1-3H3,(H,24,28)(H2,25,26,27). The molecule has 0 saturated carbocycles. The number of amides is 1. The summed E-state index contributed by atoms with van der Waals surface area (Å²) in [5.41, 5.74) is 2.82. The number of carbonyl (C=O) groups excluding carboxylic acids is 1. The van der Waals surface area contributed by atoms with E-state index >= 15 is 0 Å². The maximum Gasteiger partial charge on any atom is 0.251 e. The molecular weight excluding hydrogens is 364 g/mol. The van der Waals surface area contributed by atoms with E-state index in [-0.39, 0.29) is 12.0 Å². The van der Waals surface area contributed by atoms with E-state index in [1.807, 2.05) is 43.3 Å². The molecule has 1 amide bonds. The van der Waals surface area contributed by atoms with E-state index in [1.54, 1.807) is 13.1 Å². The number of nitrogens with zero attached hydrogens (tertiary/aromatic N) is 1. The van der Waals surface area contributed by atoms with Crippen LogP contribution >= 0.6 is 0 Å². The Bertz CT molecular complexity index is 777. The minimum atomic E-state index is -0.0920. The highest BCUT2D eigenvalue weighted by Crippen LogP contribution is 2.15. The maximum absolute atomic E-state index is 11.8. The highest BCUT2D eigenvalue weighted by atomic mass is 16.5. The molecule has 2 aromatic carbocycles. The number of ether oxygens (including phenoxy) is 1. The van der Waals surface area contributed by atoms with E-state index < -0.39 is 0 Å². The molecule has 0 saturated heterocycles. The SMILES string of the molecule is CCNC(=NCc1cccc(C(=O)NC)c1)NCCCOC(C)c1ccccc1. The molecule has 3 N–H and O–H groups in total. The van der Waals surface area contributed by atoms with Crippen LogP contribution in [0.1, 0.15) is 47.9 Å². The topological polar surface area (TPSA) is 74.8 Å². The van der Waals surface area contributed by atoms with Crippen LogP contribution in [-0.4, -0.2) is 38.6 Å². The lowest BCUT2D eigenvalue weighted by Gasteiger charge is -2.14. The van der Waals surface area contributed by atoms with Gasteiger partial charge in [-0.2, -0.15) is 0 Å². The lowest BCUT2D eigenvalue weighted by molar-refractivity contribution is 0.0646. The summed E-state index contributed by atoms with van der Waals surface area (Å²) in [4.78, 5) is 16.4. The van der Waals surface area contributed by atoms with E-state index in [0.717, 1.165) is 31.0 Å². The van der Waals surface area contributed by atoms with Crippen LogP contribution in [0.25, 0.3) is 0 Å². The second-order valence-electron chi connectivity index (χ2n) is 6.68. The van der Waals surface area contributed by atoms with Gasteiger partial charge in [-0.1, -0.05) is 42.5 Å². The third-order valence-corrected chi connectivity index (χ3v) is 4.43. The van der Waals surface area contributed by atoms with Crippen molar-refractivity contribution in [3.8, 4) is 0 Å². The Morgan fingerprint density at radius 1 is 1.10 bits per heavy atom. The zero-order valence-electron chi connectivity index (χ0n) is 17.6. The molecular formula is C23H32N4O2. The third kappa shape index (κ3) is 7.95. The fourth-order valence-electron chi connectivity index (χ4n) is 2.83. The normalized spacial score (nSPS) is 12.3. The number of rotatable bonds is 10. The number of benzene rings is 2. The fraction of sp³-hybridized carbons (Fsp3) is 0.391. The summed E-state index contributed by atoms with van der Waals surface area (Å²) in [6.45, 7) is 6.84. The van der Waals surface area contributed by atoms with Crippen LogP contribution in [0.2, 0.25) is 0 Å². The van der Waals surface area contributed by atoms with Crippen molar-refractivity contribution < 1.29 is 9.53 Å². The molecule has 0 aliphatic carbocycles. The predicted molar refractivity (Wildman–Crippen MR) is 118 cm³/mol. The minimum Gasteiger partial charge on any atom is -0.374 e. The van der Waals surface area contributed by atoms with Crippen molar-refractivity contribution in [3.63, 3.8) is 0 Å². The molecule has 0 heterocycles. The predicted octanol–water partition coefficient (Wildman–Crippen LogP) is 3.27. The molecule has 2 aromatic rings. The number of aliphatic imine (C=N–C) groups is 1. The van der Waals surface area contributed by atoms with Crippen molar-refractivity contribution in [2.75, 3.05) is 26.7 Å². The van der Waals surface area contributed by atoms with Gasteiger partial charge < -0.3 is 20.7 Å². The first-order valence-corrected chi connectivity index (χ1v) is 10.1. The molecule has 2 rings (SSSR count). The Morgan fingerprint density at radius 3 is 2.62 bits per heavy atom. The highest BCUT2D eigenvalue weighted by molar-refractivity contribution is 5.94. The van der Waals surface area contributed by atoms with Crippen molar-refractivity contribution in [3.05, 3.63) is 71.3 Å². The first-order valence-electron chi connectivity index (χ1n) is 10.1. The monoisotopic (exact) mass is 396 g/mol. The van der Waals surface area contributed by atoms with Crippen molar-refractivity contribution in [1.82, 2.24) is 16.0 Å². The highest BCUT2D eigenvalue weighted by Gasteiger charge is 2.05. The second kappa shape index (κ2) is 12.6. The van der Waals surface area contributed by atoms with E-state index in [9.17, 15) is 4.79 Å². The van der Waals surface area contributed by atoms with Gasteiger partial charge >= 0.3 is 0 Å². The number of guanidine groups is 1. The third-order valence-electron chi connectivity index (χ3n) is 4.43. The van der Waals surface area contributed by atoms with Gasteiger partial charge in [0.2, 0.25) is 0 Å². The molecule has 0 fully saturated rings. The van der Waals surface area contributed by atoms with Crippen molar-refractivity contribution in [2.45, 2.75) is 32.9 Å². The number of hydrogen-bond donors (Lipinski definition) is 3. The Kier molecular flexibility index (Phi) is 9.72. The van der Waals surface area contributed by atoms with Crippen molar-refractivity contribution in [2.24, 2.45) is 4.99 Å². The van der Waals surface area contributed by atoms with Gasteiger partial charge in [-0.05, 0) is 43.5 Å². The average Bonchev–Trinajstić information content (AvgIpc) is 2.77. The first kappa shape index (κ1) is 22.4. The van der Waals surface area contributed by atoms with Gasteiger partial charge in [0, 0.05) is 32.3 Å². The Morgan fingerprint density at radius 2 is 1.90 bits per heavy atom. The van der Waals surface area contributed by atoms with Crippen LogP contribution in [0.4, 0.5) is 0 Å². The molecule has 0 aliphatic rings. The summed E-state index contributed by atoms with van der Waals surface area (Å²) < 4.78 is 5.91. The smallest absolute Gasteiger partial charge is 0.251 e. The summed E-state index contributed by atoms with van der Waals surface area (Å²) in [7, 11) is 1.63. The quantitative estimate of drug-likeness (QED) is 0.327. The van der Waals surface area contributed by atoms with Gasteiger partial charge in [-0.25, -0.2) is 4.99 Å². The van der Waals surface area contributed by atoms with E-state index in [0.29, 0.717) is 18.7 Å². The number of nitrogens with one attached hydrogen (secondary N) is 3. The second-order valence-corrected chi connectivity index (χ2v) is 6.68. The van der Waals surface area contributed by atoms with Crippen LogP contribution in [0.15, 0.2) is 59.6 Å². The molecule has 0 bridgehead atoms. The summed E-state index contributed by atoms with van der Waals surface area (Å²) in [6.07, 6.45) is 0.971. The van der Waals surface area contributed by atoms with Crippen LogP contribution in [0, 0.1) is 0 Å². The van der Waals surface area contributed by atoms with Crippen molar-refractivity contribution in [1.29, 1.82) is 0 Å². The summed E-state index contributed by atoms with van der Waals surface area (Å²) >= 11 is 0. The first-order chi connectivity index (χ1) is 14.1. The van der Waals surface area contributed by atoms with Gasteiger partial charge in [-0.3, -0.25) is 4.79 Å². The van der Waals surface area contributed by atoms with Gasteiger partial charge in [-0.15, -0.1) is 0 Å². The fourth-order valence-corrected chi connectivity index (χ4v) is 2.83. The summed E-state index contributed by atoms with van der Waals surface area (Å²) in [5.74, 6) is 0.666. The number of carbonyl (C=O) groups is 1. The molecule has 6 nitrogen and oxygen atoms in total. The Labute approximate surface area is 173 Å². The molecule has 0 aliphatic heterocycles. The Balaban J connectivity index is 1.78. The molecule has 0 aromatic heterocycles. The number of hydrogen-bond acceptors (Lipinski definition) is 3. The van der Waals surface area contributed by atoms with Gasteiger partial charge in [0.05, 0.1) is 12.6 Å². The minimum absolute atomic E-state index is 0.0886. The van der Waals surface area contributed by atoms with E-state index in [1.165, 1.54) is 5.56 Å². The van der Waals surface area contributed by atoms with E-state index in [4.69, 9.17) is 4.74 Å².